The van der Waals surface area contributed by atoms with Crippen molar-refractivity contribution in [3.63, 3.8) is 0 Å². The number of ether oxygens (including phenoxy) is 2. The summed E-state index contributed by atoms with van der Waals surface area (Å²) in [5.74, 6) is 0.328. The molecule has 7 heteroatoms. The molecule has 6 nitrogen and oxygen atoms in total. The summed E-state index contributed by atoms with van der Waals surface area (Å²) in [4.78, 5) is 10.5. The van der Waals surface area contributed by atoms with Crippen molar-refractivity contribution in [2.75, 3.05) is 26.3 Å². The van der Waals surface area contributed by atoms with E-state index in [0.717, 1.165) is 31.6 Å². The fourth-order valence-corrected chi connectivity index (χ4v) is 2.19. The fourth-order valence-electron chi connectivity index (χ4n) is 2.19. The lowest BCUT2D eigenvalue weighted by Crippen LogP contribution is -2.29. The Morgan fingerprint density at radius 1 is 1.52 bits per heavy atom. The van der Waals surface area contributed by atoms with Gasteiger partial charge in [0.15, 0.2) is 5.75 Å². The third-order valence-electron chi connectivity index (χ3n) is 3.24. The molecule has 1 saturated heterocycles. The minimum atomic E-state index is -0.422. The molecule has 1 aliphatic rings. The fraction of sp³-hybridized carbons (Fsp3) is 0.571. The van der Waals surface area contributed by atoms with Crippen LogP contribution in [0.25, 0.3) is 0 Å². The third kappa shape index (κ3) is 5.49. The van der Waals surface area contributed by atoms with E-state index in [4.69, 9.17) is 9.47 Å². The molecule has 118 valence electrons. The molecule has 0 bridgehead atoms. The van der Waals surface area contributed by atoms with Crippen molar-refractivity contribution >= 4 is 18.1 Å². The molecule has 1 aromatic rings. The summed E-state index contributed by atoms with van der Waals surface area (Å²) < 4.78 is 11.0. The second-order valence-electron chi connectivity index (χ2n) is 4.92. The maximum Gasteiger partial charge on any atom is 0.310 e. The Kier molecular flexibility index (Phi) is 7.42. The second kappa shape index (κ2) is 8.81. The largest absolute Gasteiger partial charge is 0.485 e. The lowest BCUT2D eigenvalue weighted by Gasteiger charge is -2.11. The normalized spacial score (nSPS) is 17.3. The summed E-state index contributed by atoms with van der Waals surface area (Å²) in [6, 6.07) is 4.88. The molecule has 0 saturated carbocycles. The van der Waals surface area contributed by atoms with Crippen LogP contribution in [-0.2, 0) is 4.74 Å². The van der Waals surface area contributed by atoms with Crippen LogP contribution >= 0.6 is 12.4 Å². The van der Waals surface area contributed by atoms with Gasteiger partial charge < -0.3 is 14.8 Å². The van der Waals surface area contributed by atoms with Crippen molar-refractivity contribution in [2.24, 2.45) is 0 Å². The standard InChI is InChI=1S/C14H20N2O4.ClH/c1-11-4-5-13(16(17)18)14(9-11)20-8-6-15-10-12-3-2-7-19-12;/h4-5,9,12,15H,2-3,6-8,10H2,1H3;1H. The van der Waals surface area contributed by atoms with Gasteiger partial charge in [-0.25, -0.2) is 0 Å². The van der Waals surface area contributed by atoms with E-state index in [1.54, 1.807) is 12.1 Å². The summed E-state index contributed by atoms with van der Waals surface area (Å²) in [5.41, 5.74) is 0.952. The van der Waals surface area contributed by atoms with Crippen LogP contribution in [0, 0.1) is 17.0 Å². The van der Waals surface area contributed by atoms with E-state index in [1.165, 1.54) is 6.07 Å². The molecule has 1 aromatic carbocycles. The summed E-state index contributed by atoms with van der Waals surface area (Å²) in [6.07, 6.45) is 2.51. The average Bonchev–Trinajstić information content (AvgIpc) is 2.91. The molecule has 2 rings (SSSR count). The van der Waals surface area contributed by atoms with Crippen molar-refractivity contribution in [2.45, 2.75) is 25.9 Å². The maximum atomic E-state index is 10.9. The van der Waals surface area contributed by atoms with Gasteiger partial charge in [0.25, 0.3) is 0 Å². The zero-order valence-corrected chi connectivity index (χ0v) is 12.9. The molecular formula is C14H21ClN2O4. The monoisotopic (exact) mass is 316 g/mol. The topological polar surface area (TPSA) is 73.6 Å². The summed E-state index contributed by atoms with van der Waals surface area (Å²) in [6.45, 7) is 4.58. The number of nitrogens with one attached hydrogen (secondary N) is 1. The number of aryl methyl sites for hydroxylation is 1. The van der Waals surface area contributed by atoms with Crippen LogP contribution in [0.5, 0.6) is 5.75 Å². The van der Waals surface area contributed by atoms with E-state index in [2.05, 4.69) is 5.32 Å². The number of nitrogens with zero attached hydrogens (tertiary/aromatic N) is 1. The predicted octanol–water partition coefficient (Wildman–Crippen LogP) is 2.47. The van der Waals surface area contributed by atoms with E-state index in [1.807, 2.05) is 6.92 Å². The highest BCUT2D eigenvalue weighted by Crippen LogP contribution is 2.27. The zero-order chi connectivity index (χ0) is 14.4. The Labute approximate surface area is 130 Å². The Morgan fingerprint density at radius 3 is 3.00 bits per heavy atom. The molecule has 0 amide bonds. The van der Waals surface area contributed by atoms with Gasteiger partial charge in [-0.3, -0.25) is 10.1 Å². The van der Waals surface area contributed by atoms with Gasteiger partial charge in [-0.1, -0.05) is 6.07 Å². The quantitative estimate of drug-likeness (QED) is 0.475. The summed E-state index contributed by atoms with van der Waals surface area (Å²) >= 11 is 0. The Balaban J connectivity index is 0.00000220. The van der Waals surface area contributed by atoms with E-state index >= 15 is 0 Å². The van der Waals surface area contributed by atoms with Crippen LogP contribution in [-0.4, -0.2) is 37.3 Å². The van der Waals surface area contributed by atoms with Crippen molar-refractivity contribution in [3.8, 4) is 5.75 Å². The molecule has 0 aliphatic carbocycles. The van der Waals surface area contributed by atoms with Crippen molar-refractivity contribution in [1.29, 1.82) is 0 Å². The molecule has 1 heterocycles. The molecular weight excluding hydrogens is 296 g/mol. The number of rotatable bonds is 7. The van der Waals surface area contributed by atoms with Gasteiger partial charge in [-0.15, -0.1) is 12.4 Å². The Morgan fingerprint density at radius 2 is 2.33 bits per heavy atom. The minimum absolute atomic E-state index is 0. The lowest BCUT2D eigenvalue weighted by atomic mass is 10.2. The van der Waals surface area contributed by atoms with Gasteiger partial charge in [0.2, 0.25) is 0 Å². The first-order valence-electron chi connectivity index (χ1n) is 6.87. The number of hydrogen-bond donors (Lipinski definition) is 1. The minimum Gasteiger partial charge on any atom is -0.485 e. The molecule has 21 heavy (non-hydrogen) atoms. The van der Waals surface area contributed by atoms with Gasteiger partial charge >= 0.3 is 5.69 Å². The van der Waals surface area contributed by atoms with Crippen LogP contribution in [0.15, 0.2) is 18.2 Å². The molecule has 1 N–H and O–H groups in total. The SMILES string of the molecule is Cc1ccc([N+](=O)[O-])c(OCCNCC2CCCO2)c1.Cl. The van der Waals surface area contributed by atoms with Gasteiger partial charge in [0.05, 0.1) is 11.0 Å². The van der Waals surface area contributed by atoms with E-state index in [0.29, 0.717) is 25.0 Å². The maximum absolute atomic E-state index is 10.9. The number of benzene rings is 1. The highest BCUT2D eigenvalue weighted by Gasteiger charge is 2.16. The van der Waals surface area contributed by atoms with Crippen LogP contribution < -0.4 is 10.1 Å². The smallest absolute Gasteiger partial charge is 0.310 e. The average molecular weight is 317 g/mol. The van der Waals surface area contributed by atoms with Crippen LogP contribution in [0.4, 0.5) is 5.69 Å². The van der Waals surface area contributed by atoms with Gasteiger partial charge in [-0.05, 0) is 31.4 Å². The molecule has 1 unspecified atom stereocenters. The second-order valence-corrected chi connectivity index (χ2v) is 4.92. The molecule has 0 radical (unpaired) electrons. The molecule has 1 fully saturated rings. The number of nitro benzene ring substituents is 1. The summed E-state index contributed by atoms with van der Waals surface area (Å²) in [5, 5.41) is 14.1. The van der Waals surface area contributed by atoms with Crippen molar-refractivity contribution in [3.05, 3.63) is 33.9 Å². The van der Waals surface area contributed by atoms with E-state index in [9.17, 15) is 10.1 Å². The van der Waals surface area contributed by atoms with Crippen LogP contribution in [0.1, 0.15) is 18.4 Å². The third-order valence-corrected chi connectivity index (χ3v) is 3.24. The predicted molar refractivity (Wildman–Crippen MR) is 82.4 cm³/mol. The first kappa shape index (κ1) is 17.7. The highest BCUT2D eigenvalue weighted by atomic mass is 35.5. The molecule has 1 atom stereocenters. The molecule has 0 spiro atoms. The van der Waals surface area contributed by atoms with E-state index in [-0.39, 0.29) is 18.1 Å². The van der Waals surface area contributed by atoms with Gasteiger partial charge in [0.1, 0.15) is 6.61 Å². The molecule has 1 aliphatic heterocycles. The Hall–Kier alpha value is -1.37. The number of nitro groups is 1. The first-order valence-corrected chi connectivity index (χ1v) is 6.87. The first-order chi connectivity index (χ1) is 9.66. The van der Waals surface area contributed by atoms with Crippen LogP contribution in [0.2, 0.25) is 0 Å². The van der Waals surface area contributed by atoms with Crippen molar-refractivity contribution in [1.82, 2.24) is 5.32 Å². The summed E-state index contributed by atoms with van der Waals surface area (Å²) in [7, 11) is 0. The number of hydrogen-bond acceptors (Lipinski definition) is 5. The van der Waals surface area contributed by atoms with Crippen LogP contribution in [0.3, 0.4) is 0 Å². The zero-order valence-electron chi connectivity index (χ0n) is 12.0. The van der Waals surface area contributed by atoms with Gasteiger partial charge in [-0.2, -0.15) is 0 Å². The molecule has 0 aromatic heterocycles. The van der Waals surface area contributed by atoms with Crippen molar-refractivity contribution < 1.29 is 14.4 Å². The van der Waals surface area contributed by atoms with E-state index < -0.39 is 4.92 Å². The Bertz CT molecular complexity index is 464. The highest BCUT2D eigenvalue weighted by molar-refractivity contribution is 5.85. The van der Waals surface area contributed by atoms with Gasteiger partial charge in [0, 0.05) is 25.8 Å². The number of halogens is 1. The lowest BCUT2D eigenvalue weighted by molar-refractivity contribution is -0.385.